The maximum atomic E-state index is 12.6. The van der Waals surface area contributed by atoms with Crippen LogP contribution in [0.25, 0.3) is 0 Å². The lowest BCUT2D eigenvalue weighted by atomic mass is 9.94. The number of hydrogen-bond donors (Lipinski definition) is 10. The molecule has 0 bridgehead atoms. The third-order valence-corrected chi connectivity index (χ3v) is 13.0. The number of unbranched alkanes of at least 4 members (excludes halogenated alkanes) is 14. The fraction of sp³-hybridized carbons (Fsp3) is 0.800. The Labute approximate surface area is 470 Å². The molecule has 10 N–H and O–H groups in total. The Kier molecular flexibility index (Phi) is 47.0. The summed E-state index contributed by atoms with van der Waals surface area (Å²) >= 11 is 0. The minimum atomic E-state index is -1.45. The summed E-state index contributed by atoms with van der Waals surface area (Å²) in [5.74, 6) is -9.57. The molecule has 0 aromatic heterocycles. The summed E-state index contributed by atoms with van der Waals surface area (Å²) < 4.78 is 21.2. The van der Waals surface area contributed by atoms with Gasteiger partial charge in [-0.25, -0.2) is 4.79 Å². The number of carbonyl (C=O) groups is 11. The van der Waals surface area contributed by atoms with Crippen LogP contribution in [0.2, 0.25) is 0 Å². The average Bonchev–Trinajstić information content (AvgIpc) is 3.41. The molecular formula is C55H95N5O20. The molecule has 0 aliphatic rings. The molecular weight excluding hydrogens is 1050 g/mol. The monoisotopic (exact) mass is 1150 g/mol. The minimum Gasteiger partial charge on any atom is -0.481 e. The van der Waals surface area contributed by atoms with E-state index >= 15 is 0 Å². The van der Waals surface area contributed by atoms with Crippen LogP contribution in [0, 0.1) is 11.8 Å². The average molecular weight is 1150 g/mol. The molecule has 0 aliphatic heterocycles. The quantitative estimate of drug-likeness (QED) is 0.0391. The topological polar surface area (TPSA) is 386 Å². The molecule has 0 radical (unpaired) electrons. The van der Waals surface area contributed by atoms with Gasteiger partial charge in [0.1, 0.15) is 37.4 Å². The van der Waals surface area contributed by atoms with Crippen LogP contribution in [0.5, 0.6) is 0 Å². The van der Waals surface area contributed by atoms with Gasteiger partial charge in [-0.15, -0.1) is 0 Å². The molecule has 0 saturated carbocycles. The normalized spacial score (nSPS) is 12.6. The van der Waals surface area contributed by atoms with E-state index in [1.807, 2.05) is 0 Å². The molecule has 25 heteroatoms. The predicted molar refractivity (Wildman–Crippen MR) is 291 cm³/mol. The molecule has 0 aromatic carbocycles. The zero-order chi connectivity index (χ0) is 59.6. The highest BCUT2D eigenvalue weighted by Crippen LogP contribution is 2.18. The second-order valence-corrected chi connectivity index (χ2v) is 19.8. The second-order valence-electron chi connectivity index (χ2n) is 19.8. The predicted octanol–water partition coefficient (Wildman–Crippen LogP) is 3.28. The summed E-state index contributed by atoms with van der Waals surface area (Å²) in [5, 5.41) is 59.4. The van der Waals surface area contributed by atoms with Gasteiger partial charge in [-0.1, -0.05) is 77.0 Å². The highest BCUT2D eigenvalue weighted by atomic mass is 16.5. The molecule has 0 aromatic rings. The second kappa shape index (κ2) is 50.5. The van der Waals surface area contributed by atoms with Gasteiger partial charge >= 0.3 is 23.9 Å². The van der Waals surface area contributed by atoms with Crippen LogP contribution < -0.4 is 26.6 Å². The van der Waals surface area contributed by atoms with E-state index < -0.39 is 90.9 Å². The number of carbonyl (C=O) groups excluding carboxylic acids is 7. The van der Waals surface area contributed by atoms with Gasteiger partial charge in [-0.05, 0) is 58.4 Å². The Morgan fingerprint density at radius 1 is 0.388 bits per heavy atom. The zero-order valence-corrected chi connectivity index (χ0v) is 47.2. The van der Waals surface area contributed by atoms with Crippen LogP contribution in [0.3, 0.4) is 0 Å². The van der Waals surface area contributed by atoms with Crippen molar-refractivity contribution in [3.63, 3.8) is 0 Å². The Morgan fingerprint density at radius 3 is 1.26 bits per heavy atom. The number of hydrogen-bond acceptors (Lipinski definition) is 17. The summed E-state index contributed by atoms with van der Waals surface area (Å²) in [5.41, 5.74) is 0. The van der Waals surface area contributed by atoms with E-state index in [0.717, 1.165) is 57.8 Å². The van der Waals surface area contributed by atoms with Crippen molar-refractivity contribution in [2.45, 2.75) is 185 Å². The van der Waals surface area contributed by atoms with Crippen molar-refractivity contribution in [2.75, 3.05) is 86.1 Å². The van der Waals surface area contributed by atoms with Crippen LogP contribution in [-0.2, 0) is 71.7 Å². The van der Waals surface area contributed by atoms with Crippen LogP contribution in [0.1, 0.15) is 173 Å². The lowest BCUT2D eigenvalue weighted by Crippen LogP contribution is -2.43. The maximum Gasteiger partial charge on any atom is 0.326 e. The van der Waals surface area contributed by atoms with Crippen LogP contribution in [-0.4, -0.2) is 189 Å². The molecule has 4 atom stereocenters. The number of ether oxygens (including phenoxy) is 4. The fourth-order valence-corrected chi connectivity index (χ4v) is 8.31. The Bertz CT molecular complexity index is 1800. The molecule has 0 aliphatic carbocycles. The van der Waals surface area contributed by atoms with Crippen molar-refractivity contribution in [3.8, 4) is 0 Å². The molecule has 0 spiro atoms. The van der Waals surface area contributed by atoms with Gasteiger partial charge in [0.05, 0.1) is 57.5 Å². The van der Waals surface area contributed by atoms with Gasteiger partial charge in [0.2, 0.25) is 23.6 Å². The zero-order valence-electron chi connectivity index (χ0n) is 47.2. The molecule has 0 heterocycles. The van der Waals surface area contributed by atoms with Gasteiger partial charge < -0.3 is 71.1 Å². The molecule has 0 unspecified atom stereocenters. The first kappa shape index (κ1) is 74.5. The number of carboxylic acids is 4. The van der Waals surface area contributed by atoms with E-state index in [9.17, 15) is 68.1 Å². The lowest BCUT2D eigenvalue weighted by molar-refractivity contribution is -0.145. The standard InChI is InChI=1S/C55H95N5O20/c1-56-45(47(64)38-61)19-16-17-27-57-48(65)25-21-42(54(73)74)37-44(63)23-24-46(55(75)76)60-51(68)40-80-35-33-78-31-29-59-50(67)39-79-34-32-77-30-28-58-49(66)26-22-41(53(71)72)36-43(62)18-14-12-10-8-6-4-2-3-5-7-9-11-13-15-20-52(69)70/h41-42,45-46,56,61H,2-40H2,1H3,(H,57,65)(H,58,66)(H,59,67)(H,60,68)(H,69,70)(H,71,72)(H,73,74)(H,75,76)/t41-,42-,45+,46+/m1/s1. The highest BCUT2D eigenvalue weighted by molar-refractivity contribution is 5.87. The number of ketones is 3. The number of rotatable bonds is 58. The van der Waals surface area contributed by atoms with Crippen molar-refractivity contribution >= 4 is 64.9 Å². The molecule has 460 valence electrons. The summed E-state index contributed by atoms with van der Waals surface area (Å²) in [6.07, 6.45) is 15.7. The number of carboxylic acid groups (broad SMARTS) is 4. The Morgan fingerprint density at radius 2 is 0.812 bits per heavy atom. The van der Waals surface area contributed by atoms with Crippen LogP contribution in [0.15, 0.2) is 0 Å². The van der Waals surface area contributed by atoms with E-state index in [2.05, 4.69) is 26.6 Å². The van der Waals surface area contributed by atoms with Crippen molar-refractivity contribution in [3.05, 3.63) is 0 Å². The van der Waals surface area contributed by atoms with Gasteiger partial charge in [-0.2, -0.15) is 0 Å². The summed E-state index contributed by atoms with van der Waals surface area (Å²) in [6, 6.07) is -1.94. The smallest absolute Gasteiger partial charge is 0.326 e. The summed E-state index contributed by atoms with van der Waals surface area (Å²) in [4.78, 5) is 131. The van der Waals surface area contributed by atoms with E-state index in [-0.39, 0.29) is 128 Å². The third kappa shape index (κ3) is 45.3. The number of aliphatic hydroxyl groups is 1. The maximum absolute atomic E-state index is 12.6. The Balaban J connectivity index is 3.98. The summed E-state index contributed by atoms with van der Waals surface area (Å²) in [6.45, 7) is -0.191. The number of Topliss-reactive ketones (excluding diaryl/α,β-unsaturated/α-hetero) is 3. The van der Waals surface area contributed by atoms with Crippen LogP contribution >= 0.6 is 0 Å². The van der Waals surface area contributed by atoms with Gasteiger partial charge in [0.15, 0.2) is 5.78 Å². The van der Waals surface area contributed by atoms with Crippen molar-refractivity contribution in [1.82, 2.24) is 26.6 Å². The SMILES string of the molecule is CN[C@@H](CCCCNC(=O)CC[C@H](CC(=O)CC[C@H](NC(=O)COCCOCCNC(=O)COCCOCCNC(=O)CC[C@H](CC(=O)CCCCCCCCCCCCCCCCC(=O)O)C(=O)O)C(=O)O)C(=O)O)C(=O)CO. The van der Waals surface area contributed by atoms with Crippen molar-refractivity contribution in [2.24, 2.45) is 11.8 Å². The largest absolute Gasteiger partial charge is 0.481 e. The molecule has 0 rings (SSSR count). The van der Waals surface area contributed by atoms with E-state index in [1.54, 1.807) is 7.05 Å². The molecule has 80 heavy (non-hydrogen) atoms. The van der Waals surface area contributed by atoms with Gasteiger partial charge in [-0.3, -0.25) is 47.9 Å². The summed E-state index contributed by atoms with van der Waals surface area (Å²) in [7, 11) is 1.61. The molecule has 0 fully saturated rings. The van der Waals surface area contributed by atoms with Crippen molar-refractivity contribution < 1.29 is 97.2 Å². The van der Waals surface area contributed by atoms with E-state index in [4.69, 9.17) is 29.2 Å². The molecule has 0 saturated heterocycles. The molecule has 4 amide bonds. The number of likely N-dealkylation sites (N-methyl/N-ethyl adjacent to an activating group) is 1. The number of aliphatic carboxylic acids is 4. The number of nitrogens with one attached hydrogen (secondary N) is 5. The number of aliphatic hydroxyl groups excluding tert-OH is 1. The first-order chi connectivity index (χ1) is 38.4. The van der Waals surface area contributed by atoms with Gasteiger partial charge in [0.25, 0.3) is 0 Å². The molecule has 25 nitrogen and oxygen atoms in total. The first-order valence-corrected chi connectivity index (χ1v) is 28.5. The first-order valence-electron chi connectivity index (χ1n) is 28.5. The van der Waals surface area contributed by atoms with Crippen LogP contribution in [0.4, 0.5) is 0 Å². The van der Waals surface area contributed by atoms with E-state index in [1.165, 1.54) is 32.1 Å². The van der Waals surface area contributed by atoms with Gasteiger partial charge in [0, 0.05) is 64.6 Å². The van der Waals surface area contributed by atoms with E-state index in [0.29, 0.717) is 32.2 Å². The number of amides is 4. The highest BCUT2D eigenvalue weighted by Gasteiger charge is 2.26. The van der Waals surface area contributed by atoms with Crippen molar-refractivity contribution in [1.29, 1.82) is 0 Å². The Hall–Kier alpha value is -5.47. The lowest BCUT2D eigenvalue weighted by Gasteiger charge is -2.16. The third-order valence-electron chi connectivity index (χ3n) is 13.0. The fourth-order valence-electron chi connectivity index (χ4n) is 8.31. The minimum absolute atomic E-state index is 0.0374.